The van der Waals surface area contributed by atoms with E-state index in [0.29, 0.717) is 53.2 Å². The number of fused-ring (bicyclic) bond motifs is 2. The second-order valence-corrected chi connectivity index (χ2v) is 17.7. The van der Waals surface area contributed by atoms with E-state index in [0.717, 1.165) is 6.42 Å². The van der Waals surface area contributed by atoms with Gasteiger partial charge in [0, 0.05) is 90.6 Å². The molecule has 6 aromatic heterocycles. The molecular weight excluding hydrogens is 815 g/mol. The van der Waals surface area contributed by atoms with Gasteiger partial charge in [0.05, 0.1) is 0 Å². The third kappa shape index (κ3) is 12.7. The molecule has 6 rings (SSSR count). The van der Waals surface area contributed by atoms with Crippen molar-refractivity contribution in [1.29, 1.82) is 0 Å². The van der Waals surface area contributed by atoms with E-state index in [-0.39, 0.29) is 41.2 Å². The van der Waals surface area contributed by atoms with Crippen LogP contribution >= 0.6 is 0 Å². The molecule has 0 aliphatic carbocycles. The normalized spacial score (nSPS) is 11.7. The monoisotopic (exact) mass is 865 g/mol. The molecular formula is C37H51N15O6S2. The fraction of sp³-hybridized carbons (Fsp3) is 0.351. The van der Waals surface area contributed by atoms with Crippen LogP contribution in [0.1, 0.15) is 55.4 Å². The average molecular weight is 866 g/mol. The molecule has 0 unspecified atom stereocenters. The van der Waals surface area contributed by atoms with Crippen LogP contribution in [0.5, 0.6) is 0 Å². The Bertz CT molecular complexity index is 2660. The average Bonchev–Trinajstić information content (AvgIpc) is 3.77. The summed E-state index contributed by atoms with van der Waals surface area (Å²) < 4.78 is 58.1. The zero-order valence-corrected chi connectivity index (χ0v) is 34.9. The van der Waals surface area contributed by atoms with Gasteiger partial charge in [-0.05, 0) is 77.4 Å². The van der Waals surface area contributed by atoms with E-state index in [1.54, 1.807) is 95.8 Å². The Morgan fingerprint density at radius 1 is 0.717 bits per heavy atom. The van der Waals surface area contributed by atoms with E-state index in [2.05, 4.69) is 60.8 Å². The van der Waals surface area contributed by atoms with Crippen LogP contribution in [0.15, 0.2) is 83.4 Å². The number of amides is 4. The molecule has 322 valence electrons. The van der Waals surface area contributed by atoms with Crippen LogP contribution < -0.4 is 36.4 Å². The molecule has 0 aliphatic rings. The number of pyridine rings is 4. The zero-order chi connectivity index (χ0) is 43.0. The maximum atomic E-state index is 12.6. The van der Waals surface area contributed by atoms with Crippen LogP contribution in [-0.2, 0) is 20.0 Å². The van der Waals surface area contributed by atoms with Gasteiger partial charge < -0.3 is 16.4 Å². The maximum Gasteiger partial charge on any atom is 0.321 e. The summed E-state index contributed by atoms with van der Waals surface area (Å²) >= 11 is 0. The van der Waals surface area contributed by atoms with Gasteiger partial charge >= 0.3 is 12.1 Å². The van der Waals surface area contributed by atoms with Crippen molar-refractivity contribution in [2.75, 3.05) is 30.3 Å². The highest BCUT2D eigenvalue weighted by Crippen LogP contribution is 2.24. The zero-order valence-electron chi connectivity index (χ0n) is 33.3. The van der Waals surface area contributed by atoms with Gasteiger partial charge in [-0.15, -0.1) is 10.2 Å². The lowest BCUT2D eigenvalue weighted by Crippen LogP contribution is -2.40. The summed E-state index contributed by atoms with van der Waals surface area (Å²) in [6.45, 7) is 12.0. The third-order valence-corrected chi connectivity index (χ3v) is 11.0. The van der Waals surface area contributed by atoms with Crippen molar-refractivity contribution in [1.82, 2.24) is 59.2 Å². The standard InChI is InChI=1S/C18H24N8O3S.C18H23N7O3S.CH4/c1-18(2,3)25-30(28,29)14-8-13(9-20-10-14)12-4-5-15-22-16(24-26(15)11-12)23-17(27)21-7-6-19;1-4-7-20-18(26)22-17-21-16-6-5-13(11-25(16)23-17)14-8-15(10-19-9-14)29(27,28)24-12(2)3;/h4-5,8-11,25H,6-7,19H2,1-3H3,(H2,21,23,24,27);5-6,8-12,24H,4,7H2,1-3H3,(H2,20,22,23,26);1H4. The Hall–Kier alpha value is -6.14. The Morgan fingerprint density at radius 2 is 1.18 bits per heavy atom. The van der Waals surface area contributed by atoms with Gasteiger partial charge in [-0.25, -0.2) is 44.9 Å². The maximum absolute atomic E-state index is 12.6. The molecule has 0 aromatic carbocycles. The Morgan fingerprint density at radius 3 is 1.62 bits per heavy atom. The highest BCUT2D eigenvalue weighted by atomic mass is 32.2. The second kappa shape index (κ2) is 19.7. The topological polar surface area (TPSA) is 287 Å². The van der Waals surface area contributed by atoms with Gasteiger partial charge in [-0.1, -0.05) is 14.4 Å². The number of urea groups is 2. The summed E-state index contributed by atoms with van der Waals surface area (Å²) in [5, 5.41) is 18.8. The summed E-state index contributed by atoms with van der Waals surface area (Å²) in [7, 11) is -7.37. The summed E-state index contributed by atoms with van der Waals surface area (Å²) in [6.07, 6.45) is 9.94. The number of hydrogen-bond donors (Lipinski definition) is 7. The predicted octanol–water partition coefficient (Wildman–Crippen LogP) is 3.59. The van der Waals surface area contributed by atoms with Gasteiger partial charge in [-0.2, -0.15) is 9.97 Å². The number of carbonyl (C=O) groups is 2. The largest absolute Gasteiger partial charge is 0.338 e. The first-order valence-corrected chi connectivity index (χ1v) is 21.3. The number of hydrogen-bond acceptors (Lipinski definition) is 13. The van der Waals surface area contributed by atoms with Gasteiger partial charge in [0.15, 0.2) is 11.3 Å². The van der Waals surface area contributed by atoms with Crippen LogP contribution in [-0.4, -0.2) is 99.3 Å². The minimum atomic E-state index is -3.72. The number of sulfonamides is 2. The van der Waals surface area contributed by atoms with Crippen molar-refractivity contribution >= 4 is 55.3 Å². The quantitative estimate of drug-likeness (QED) is 0.0875. The fourth-order valence-corrected chi connectivity index (χ4v) is 7.86. The van der Waals surface area contributed by atoms with Crippen molar-refractivity contribution < 1.29 is 26.4 Å². The molecule has 4 amide bonds. The number of nitrogens with zero attached hydrogens (tertiary/aromatic N) is 8. The lowest BCUT2D eigenvalue weighted by molar-refractivity contribution is 0.251. The van der Waals surface area contributed by atoms with Gasteiger partial charge in [0.1, 0.15) is 9.79 Å². The molecule has 0 spiro atoms. The molecule has 0 fully saturated rings. The first-order chi connectivity index (χ1) is 27.9. The Labute approximate surface area is 348 Å². The van der Waals surface area contributed by atoms with Crippen LogP contribution in [0.4, 0.5) is 21.5 Å². The fourth-order valence-electron chi connectivity index (χ4n) is 5.22. The SMILES string of the molecule is C.CC(C)(C)NS(=O)(=O)c1cncc(-c2ccc3nc(NC(=O)NCCN)nn3c2)c1.CCCNC(=O)Nc1nc2ccc(-c3cncc(S(=O)(=O)NC(C)C)c3)cn2n1. The van der Waals surface area contributed by atoms with Crippen molar-refractivity contribution in [3.05, 3.63) is 73.6 Å². The lowest BCUT2D eigenvalue weighted by Gasteiger charge is -2.20. The highest BCUT2D eigenvalue weighted by molar-refractivity contribution is 7.89. The molecule has 21 nitrogen and oxygen atoms in total. The number of rotatable bonds is 13. The number of aromatic nitrogens is 8. The van der Waals surface area contributed by atoms with E-state index < -0.39 is 31.6 Å². The highest BCUT2D eigenvalue weighted by Gasteiger charge is 2.23. The van der Waals surface area contributed by atoms with Crippen LogP contribution in [0, 0.1) is 0 Å². The van der Waals surface area contributed by atoms with Crippen LogP contribution in [0.3, 0.4) is 0 Å². The van der Waals surface area contributed by atoms with Crippen molar-refractivity contribution in [3.8, 4) is 22.3 Å². The smallest absolute Gasteiger partial charge is 0.321 e. The molecule has 0 radical (unpaired) electrons. The van der Waals surface area contributed by atoms with Gasteiger partial charge in [0.25, 0.3) is 11.9 Å². The molecule has 23 heteroatoms. The van der Waals surface area contributed by atoms with Crippen LogP contribution in [0.2, 0.25) is 0 Å². The van der Waals surface area contributed by atoms with Gasteiger partial charge in [-0.3, -0.25) is 20.6 Å². The van der Waals surface area contributed by atoms with E-state index >= 15 is 0 Å². The molecule has 60 heavy (non-hydrogen) atoms. The molecule has 8 N–H and O–H groups in total. The number of nitrogens with one attached hydrogen (secondary N) is 6. The molecule has 6 heterocycles. The minimum absolute atomic E-state index is 0. The van der Waals surface area contributed by atoms with Crippen molar-refractivity contribution in [2.24, 2.45) is 5.73 Å². The van der Waals surface area contributed by atoms with E-state index in [1.165, 1.54) is 21.4 Å². The van der Waals surface area contributed by atoms with E-state index in [4.69, 9.17) is 5.73 Å². The molecule has 0 bridgehead atoms. The van der Waals surface area contributed by atoms with E-state index in [1.807, 2.05) is 6.92 Å². The van der Waals surface area contributed by atoms with Crippen molar-refractivity contribution in [2.45, 2.75) is 76.8 Å². The lowest BCUT2D eigenvalue weighted by atomic mass is 10.1. The summed E-state index contributed by atoms with van der Waals surface area (Å²) in [6, 6.07) is 9.03. The number of nitrogens with two attached hydrogens (primary N) is 1. The number of carbonyl (C=O) groups excluding carboxylic acids is 2. The molecule has 0 saturated carbocycles. The second-order valence-electron chi connectivity index (χ2n) is 14.3. The predicted molar refractivity (Wildman–Crippen MR) is 228 cm³/mol. The summed E-state index contributed by atoms with van der Waals surface area (Å²) in [5.74, 6) is 0.303. The number of anilines is 2. The Kier molecular flexibility index (Phi) is 15.3. The first-order valence-electron chi connectivity index (χ1n) is 18.4. The molecule has 0 atom stereocenters. The Balaban J connectivity index is 0.000000260. The third-order valence-electron chi connectivity index (χ3n) is 7.62. The van der Waals surface area contributed by atoms with Crippen molar-refractivity contribution in [3.63, 3.8) is 0 Å². The summed E-state index contributed by atoms with van der Waals surface area (Å²) in [5.41, 5.74) is 8.39. The summed E-state index contributed by atoms with van der Waals surface area (Å²) in [4.78, 5) is 40.2. The minimum Gasteiger partial charge on any atom is -0.338 e. The van der Waals surface area contributed by atoms with Gasteiger partial charge in [0.2, 0.25) is 20.0 Å². The molecule has 6 aromatic rings. The van der Waals surface area contributed by atoms with Crippen LogP contribution in [0.25, 0.3) is 33.5 Å². The molecule has 0 aliphatic heterocycles. The van der Waals surface area contributed by atoms with E-state index in [9.17, 15) is 26.4 Å². The first kappa shape index (κ1) is 46.5. The molecule has 0 saturated heterocycles.